The van der Waals surface area contributed by atoms with Gasteiger partial charge in [-0.15, -0.1) is 0 Å². The van der Waals surface area contributed by atoms with E-state index < -0.39 is 5.97 Å². The van der Waals surface area contributed by atoms with E-state index in [2.05, 4.69) is 10.1 Å². The average molecular weight is 356 g/mol. The highest BCUT2D eigenvalue weighted by molar-refractivity contribution is 5.88. The molecule has 0 spiro atoms. The van der Waals surface area contributed by atoms with E-state index in [1.54, 1.807) is 37.4 Å². The van der Waals surface area contributed by atoms with E-state index in [9.17, 15) is 4.79 Å². The quantitative estimate of drug-likeness (QED) is 0.689. The summed E-state index contributed by atoms with van der Waals surface area (Å²) in [5.41, 5.74) is 0.785. The standard InChI is InChI=1S/C18H16N2O6/c1-23-12-6-7-14(15(9-12)24-2)17-19-16(26-20-17)10-25-13-5-3-4-11(8-13)18(21)22/h3-9H,10H2,1-2H3,(H,21,22). The number of rotatable bonds is 7. The fourth-order valence-corrected chi connectivity index (χ4v) is 2.27. The number of ether oxygens (including phenoxy) is 3. The average Bonchev–Trinajstić information content (AvgIpc) is 3.14. The van der Waals surface area contributed by atoms with Crippen LogP contribution in [0, 0.1) is 0 Å². The molecule has 8 nitrogen and oxygen atoms in total. The van der Waals surface area contributed by atoms with Gasteiger partial charge in [0.05, 0.1) is 25.3 Å². The summed E-state index contributed by atoms with van der Waals surface area (Å²) in [6.07, 6.45) is 0. The Morgan fingerprint density at radius 2 is 1.96 bits per heavy atom. The molecule has 26 heavy (non-hydrogen) atoms. The molecule has 0 unspecified atom stereocenters. The number of methoxy groups -OCH3 is 2. The lowest BCUT2D eigenvalue weighted by atomic mass is 10.2. The minimum absolute atomic E-state index is 0.00847. The molecule has 2 aromatic carbocycles. The minimum atomic E-state index is -1.03. The van der Waals surface area contributed by atoms with Gasteiger partial charge >= 0.3 is 5.97 Å². The normalized spacial score (nSPS) is 10.4. The molecule has 3 aromatic rings. The fourth-order valence-electron chi connectivity index (χ4n) is 2.27. The molecule has 0 aliphatic rings. The van der Waals surface area contributed by atoms with E-state index in [-0.39, 0.29) is 18.1 Å². The van der Waals surface area contributed by atoms with Crippen LogP contribution in [0.15, 0.2) is 47.0 Å². The van der Waals surface area contributed by atoms with Gasteiger partial charge in [0.15, 0.2) is 6.61 Å². The summed E-state index contributed by atoms with van der Waals surface area (Å²) in [6.45, 7) is 0.00847. The Morgan fingerprint density at radius 1 is 1.12 bits per heavy atom. The predicted molar refractivity (Wildman–Crippen MR) is 90.6 cm³/mol. The molecule has 0 bridgehead atoms. The third-order valence-corrected chi connectivity index (χ3v) is 3.56. The fraction of sp³-hybridized carbons (Fsp3) is 0.167. The van der Waals surface area contributed by atoms with Gasteiger partial charge in [0.25, 0.3) is 5.89 Å². The van der Waals surface area contributed by atoms with Gasteiger partial charge in [0.1, 0.15) is 17.2 Å². The van der Waals surface area contributed by atoms with Crippen molar-refractivity contribution in [3.63, 3.8) is 0 Å². The second-order valence-electron chi connectivity index (χ2n) is 5.20. The Balaban J connectivity index is 1.74. The zero-order valence-corrected chi connectivity index (χ0v) is 14.1. The summed E-state index contributed by atoms with van der Waals surface area (Å²) in [4.78, 5) is 15.3. The van der Waals surface area contributed by atoms with E-state index >= 15 is 0 Å². The van der Waals surface area contributed by atoms with Crippen LogP contribution < -0.4 is 14.2 Å². The zero-order valence-electron chi connectivity index (χ0n) is 14.1. The van der Waals surface area contributed by atoms with Gasteiger partial charge in [-0.05, 0) is 30.3 Å². The van der Waals surface area contributed by atoms with Crippen LogP contribution in [-0.4, -0.2) is 35.4 Å². The van der Waals surface area contributed by atoms with Crippen molar-refractivity contribution in [3.05, 3.63) is 53.9 Å². The molecule has 0 aliphatic heterocycles. The number of hydrogen-bond donors (Lipinski definition) is 1. The monoisotopic (exact) mass is 356 g/mol. The Kier molecular flexibility index (Phi) is 5.02. The number of carboxylic acid groups (broad SMARTS) is 1. The molecule has 1 N–H and O–H groups in total. The first-order chi connectivity index (χ1) is 12.6. The molecule has 3 rings (SSSR count). The number of aromatic nitrogens is 2. The molecule has 0 saturated heterocycles. The first-order valence-electron chi connectivity index (χ1n) is 7.62. The lowest BCUT2D eigenvalue weighted by molar-refractivity contribution is 0.0696. The van der Waals surface area contributed by atoms with Crippen LogP contribution in [0.2, 0.25) is 0 Å². The van der Waals surface area contributed by atoms with Crippen molar-refractivity contribution in [2.75, 3.05) is 14.2 Å². The molecule has 0 radical (unpaired) electrons. The van der Waals surface area contributed by atoms with E-state index in [0.29, 0.717) is 28.6 Å². The van der Waals surface area contributed by atoms with E-state index in [4.69, 9.17) is 23.8 Å². The molecular formula is C18H16N2O6. The highest BCUT2D eigenvalue weighted by Crippen LogP contribution is 2.31. The minimum Gasteiger partial charge on any atom is -0.497 e. The topological polar surface area (TPSA) is 104 Å². The second kappa shape index (κ2) is 7.56. The van der Waals surface area contributed by atoms with Gasteiger partial charge in [0, 0.05) is 6.07 Å². The van der Waals surface area contributed by atoms with Crippen molar-refractivity contribution in [1.29, 1.82) is 0 Å². The number of nitrogens with zero attached hydrogens (tertiary/aromatic N) is 2. The van der Waals surface area contributed by atoms with Gasteiger partial charge in [-0.25, -0.2) is 4.79 Å². The lowest BCUT2D eigenvalue weighted by Crippen LogP contribution is -1.99. The van der Waals surface area contributed by atoms with Crippen LogP contribution in [0.5, 0.6) is 17.2 Å². The van der Waals surface area contributed by atoms with Crippen LogP contribution in [0.1, 0.15) is 16.2 Å². The molecule has 1 heterocycles. The van der Waals surface area contributed by atoms with Crippen molar-refractivity contribution < 1.29 is 28.6 Å². The highest BCUT2D eigenvalue weighted by Gasteiger charge is 2.15. The SMILES string of the molecule is COc1ccc(-c2noc(COc3cccc(C(=O)O)c3)n2)c(OC)c1. The first kappa shape index (κ1) is 17.3. The second-order valence-corrected chi connectivity index (χ2v) is 5.20. The molecule has 0 amide bonds. The smallest absolute Gasteiger partial charge is 0.335 e. The molecule has 0 aliphatic carbocycles. The summed E-state index contributed by atoms with van der Waals surface area (Å²) in [5, 5.41) is 12.9. The van der Waals surface area contributed by atoms with Gasteiger partial charge in [-0.1, -0.05) is 11.2 Å². The molecular weight excluding hydrogens is 340 g/mol. The Hall–Kier alpha value is -3.55. The van der Waals surface area contributed by atoms with E-state index in [0.717, 1.165) is 0 Å². The van der Waals surface area contributed by atoms with Crippen molar-refractivity contribution in [2.45, 2.75) is 6.61 Å². The molecule has 0 saturated carbocycles. The number of benzene rings is 2. The van der Waals surface area contributed by atoms with Gasteiger partial charge < -0.3 is 23.8 Å². The van der Waals surface area contributed by atoms with Crippen molar-refractivity contribution in [1.82, 2.24) is 10.1 Å². The first-order valence-corrected chi connectivity index (χ1v) is 7.62. The predicted octanol–water partition coefficient (Wildman–Crippen LogP) is 3.03. The third-order valence-electron chi connectivity index (χ3n) is 3.56. The van der Waals surface area contributed by atoms with Crippen LogP contribution in [0.25, 0.3) is 11.4 Å². The summed E-state index contributed by atoms with van der Waals surface area (Å²) >= 11 is 0. The Labute approximate surface area is 148 Å². The Bertz CT molecular complexity index is 922. The maximum absolute atomic E-state index is 11.0. The molecule has 0 fully saturated rings. The molecule has 1 aromatic heterocycles. The lowest BCUT2D eigenvalue weighted by Gasteiger charge is -2.07. The molecule has 0 atom stereocenters. The maximum atomic E-state index is 11.0. The van der Waals surface area contributed by atoms with Gasteiger partial charge in [-0.3, -0.25) is 0 Å². The van der Waals surface area contributed by atoms with Crippen molar-refractivity contribution >= 4 is 5.97 Å². The van der Waals surface area contributed by atoms with E-state index in [1.165, 1.54) is 19.2 Å². The number of aromatic carboxylic acids is 1. The van der Waals surface area contributed by atoms with Crippen molar-refractivity contribution in [3.8, 4) is 28.6 Å². The van der Waals surface area contributed by atoms with Crippen LogP contribution >= 0.6 is 0 Å². The zero-order chi connectivity index (χ0) is 18.5. The van der Waals surface area contributed by atoms with Gasteiger partial charge in [0.2, 0.25) is 5.82 Å². The number of carboxylic acids is 1. The number of hydrogen-bond acceptors (Lipinski definition) is 7. The molecule has 134 valence electrons. The van der Waals surface area contributed by atoms with Crippen molar-refractivity contribution in [2.24, 2.45) is 0 Å². The molecule has 8 heteroatoms. The Morgan fingerprint density at radius 3 is 2.69 bits per heavy atom. The number of carbonyl (C=O) groups is 1. The van der Waals surface area contributed by atoms with Crippen LogP contribution in [-0.2, 0) is 6.61 Å². The maximum Gasteiger partial charge on any atom is 0.335 e. The summed E-state index contributed by atoms with van der Waals surface area (Å²) < 4.78 is 21.2. The summed E-state index contributed by atoms with van der Waals surface area (Å²) in [6, 6.07) is 11.4. The van der Waals surface area contributed by atoms with Crippen LogP contribution in [0.3, 0.4) is 0 Å². The highest BCUT2D eigenvalue weighted by atomic mass is 16.5. The van der Waals surface area contributed by atoms with Crippen LogP contribution in [0.4, 0.5) is 0 Å². The van der Waals surface area contributed by atoms with E-state index in [1.807, 2.05) is 0 Å². The summed E-state index contributed by atoms with van der Waals surface area (Å²) in [7, 11) is 3.11. The largest absolute Gasteiger partial charge is 0.497 e. The summed E-state index contributed by atoms with van der Waals surface area (Å²) in [5.74, 6) is 1.16. The third kappa shape index (κ3) is 3.75. The van der Waals surface area contributed by atoms with Gasteiger partial charge in [-0.2, -0.15) is 4.98 Å².